The van der Waals surface area contributed by atoms with Gasteiger partial charge in [0.15, 0.2) is 11.4 Å². The fourth-order valence-electron chi connectivity index (χ4n) is 2.08. The van der Waals surface area contributed by atoms with Crippen molar-refractivity contribution in [2.45, 2.75) is 45.4 Å². The summed E-state index contributed by atoms with van der Waals surface area (Å²) in [7, 11) is 2.51. The second-order valence-electron chi connectivity index (χ2n) is 5.17. The van der Waals surface area contributed by atoms with Crippen LogP contribution in [0.25, 0.3) is 0 Å². The average molecular weight is 323 g/mol. The van der Waals surface area contributed by atoms with Crippen molar-refractivity contribution in [3.8, 4) is 5.75 Å². The molecule has 0 N–H and O–H groups in total. The summed E-state index contributed by atoms with van der Waals surface area (Å²) in [4.78, 5) is 27.2. The maximum absolute atomic E-state index is 11.6. The Bertz CT molecular complexity index is 481. The van der Waals surface area contributed by atoms with E-state index < -0.39 is 11.9 Å². The molecule has 0 radical (unpaired) electrons. The number of carbonyl (C=O) groups is 2. The number of methoxy groups -OCH3 is 2. The summed E-state index contributed by atoms with van der Waals surface area (Å²) in [6, 6.07) is 2.94. The van der Waals surface area contributed by atoms with Crippen molar-refractivity contribution in [1.82, 2.24) is 4.98 Å². The van der Waals surface area contributed by atoms with E-state index in [2.05, 4.69) is 21.4 Å². The van der Waals surface area contributed by atoms with E-state index in [0.717, 1.165) is 12.8 Å². The molecule has 0 aromatic carbocycles. The highest BCUT2D eigenvalue weighted by atomic mass is 16.5. The quantitative estimate of drug-likeness (QED) is 0.485. The number of rotatable bonds is 10. The van der Waals surface area contributed by atoms with Crippen LogP contribution in [0.2, 0.25) is 0 Å². The highest BCUT2D eigenvalue weighted by Crippen LogP contribution is 2.17. The van der Waals surface area contributed by atoms with Crippen molar-refractivity contribution in [3.05, 3.63) is 23.5 Å². The average Bonchev–Trinajstić information content (AvgIpc) is 2.59. The summed E-state index contributed by atoms with van der Waals surface area (Å²) in [5.74, 6) is -0.838. The number of hydrogen-bond donors (Lipinski definition) is 0. The molecular formula is C17H25NO5. The van der Waals surface area contributed by atoms with Crippen LogP contribution in [0.15, 0.2) is 12.1 Å². The van der Waals surface area contributed by atoms with Gasteiger partial charge in [0, 0.05) is 12.1 Å². The van der Waals surface area contributed by atoms with Crippen LogP contribution in [0, 0.1) is 0 Å². The third-order valence-corrected chi connectivity index (χ3v) is 3.35. The first-order valence-electron chi connectivity index (χ1n) is 7.93. The Morgan fingerprint density at radius 2 is 1.43 bits per heavy atom. The zero-order chi connectivity index (χ0) is 17.1. The minimum Gasteiger partial charge on any atom is -0.493 e. The molecule has 1 rings (SSSR count). The molecule has 0 aliphatic heterocycles. The van der Waals surface area contributed by atoms with E-state index in [-0.39, 0.29) is 11.4 Å². The Morgan fingerprint density at radius 3 is 1.96 bits per heavy atom. The molecule has 0 saturated heterocycles. The summed E-state index contributed by atoms with van der Waals surface area (Å²) in [6.45, 7) is 2.71. The molecule has 0 unspecified atom stereocenters. The lowest BCUT2D eigenvalue weighted by atomic mass is 10.1. The van der Waals surface area contributed by atoms with Gasteiger partial charge in [0.25, 0.3) is 0 Å². The Kier molecular flexibility index (Phi) is 8.72. The summed E-state index contributed by atoms with van der Waals surface area (Å²) in [5.41, 5.74) is 0.0432. The van der Waals surface area contributed by atoms with E-state index in [1.54, 1.807) is 0 Å². The molecule has 6 heteroatoms. The van der Waals surface area contributed by atoms with Gasteiger partial charge in [-0.2, -0.15) is 0 Å². The predicted molar refractivity (Wildman–Crippen MR) is 85.8 cm³/mol. The number of ether oxygens (including phenoxy) is 3. The van der Waals surface area contributed by atoms with Crippen LogP contribution in [0.4, 0.5) is 0 Å². The third-order valence-electron chi connectivity index (χ3n) is 3.35. The molecule has 6 nitrogen and oxygen atoms in total. The Morgan fingerprint density at radius 1 is 0.913 bits per heavy atom. The molecule has 0 amide bonds. The number of esters is 2. The SMILES string of the molecule is CCCCCCCCOc1cc(C(=O)OC)nc(C(=O)OC)c1. The van der Waals surface area contributed by atoms with Crippen molar-refractivity contribution in [2.24, 2.45) is 0 Å². The number of carbonyl (C=O) groups excluding carboxylic acids is 2. The number of pyridine rings is 1. The van der Waals surface area contributed by atoms with E-state index in [1.807, 2.05) is 0 Å². The van der Waals surface area contributed by atoms with Crippen LogP contribution in [-0.4, -0.2) is 37.7 Å². The van der Waals surface area contributed by atoms with Gasteiger partial charge in [-0.1, -0.05) is 39.0 Å². The molecule has 0 fully saturated rings. The molecule has 0 spiro atoms. The summed E-state index contributed by atoms with van der Waals surface area (Å²) in [6.07, 6.45) is 6.93. The highest BCUT2D eigenvalue weighted by molar-refractivity contribution is 5.92. The van der Waals surface area contributed by atoms with E-state index in [4.69, 9.17) is 4.74 Å². The minimum atomic E-state index is -0.625. The van der Waals surface area contributed by atoms with Crippen molar-refractivity contribution < 1.29 is 23.8 Å². The van der Waals surface area contributed by atoms with Crippen LogP contribution in [0.3, 0.4) is 0 Å². The van der Waals surface area contributed by atoms with Crippen molar-refractivity contribution in [2.75, 3.05) is 20.8 Å². The number of nitrogens with zero attached hydrogens (tertiary/aromatic N) is 1. The number of hydrogen-bond acceptors (Lipinski definition) is 6. The van der Waals surface area contributed by atoms with Crippen LogP contribution in [0.5, 0.6) is 5.75 Å². The molecule has 0 aliphatic rings. The molecule has 0 atom stereocenters. The van der Waals surface area contributed by atoms with Gasteiger partial charge in [-0.15, -0.1) is 0 Å². The molecule has 0 saturated carbocycles. The van der Waals surface area contributed by atoms with Crippen molar-refractivity contribution >= 4 is 11.9 Å². The van der Waals surface area contributed by atoms with E-state index in [9.17, 15) is 9.59 Å². The first-order valence-corrected chi connectivity index (χ1v) is 7.93. The molecule has 0 bridgehead atoms. The minimum absolute atomic E-state index is 0.0216. The first kappa shape index (κ1) is 18.9. The summed E-state index contributed by atoms with van der Waals surface area (Å²) < 4.78 is 14.9. The maximum atomic E-state index is 11.6. The molecular weight excluding hydrogens is 298 g/mol. The molecule has 23 heavy (non-hydrogen) atoms. The van der Waals surface area contributed by atoms with Gasteiger partial charge in [-0.25, -0.2) is 14.6 Å². The van der Waals surface area contributed by atoms with Gasteiger partial charge in [0.05, 0.1) is 20.8 Å². The van der Waals surface area contributed by atoms with Gasteiger partial charge in [0.2, 0.25) is 0 Å². The largest absolute Gasteiger partial charge is 0.493 e. The van der Waals surface area contributed by atoms with E-state index in [0.29, 0.717) is 12.4 Å². The zero-order valence-electron chi connectivity index (χ0n) is 14.1. The monoisotopic (exact) mass is 323 g/mol. The molecule has 1 aromatic heterocycles. The first-order chi connectivity index (χ1) is 11.1. The summed E-state index contributed by atoms with van der Waals surface area (Å²) in [5, 5.41) is 0. The molecule has 128 valence electrons. The third kappa shape index (κ3) is 6.67. The predicted octanol–water partition coefficient (Wildman–Crippen LogP) is 3.39. The normalized spacial score (nSPS) is 10.2. The number of aromatic nitrogens is 1. The highest BCUT2D eigenvalue weighted by Gasteiger charge is 2.16. The topological polar surface area (TPSA) is 74.7 Å². The van der Waals surface area contributed by atoms with Gasteiger partial charge in [-0.05, 0) is 6.42 Å². The maximum Gasteiger partial charge on any atom is 0.356 e. The smallest absolute Gasteiger partial charge is 0.356 e. The zero-order valence-corrected chi connectivity index (χ0v) is 14.1. The fraction of sp³-hybridized carbons (Fsp3) is 0.588. The standard InChI is InChI=1S/C17H25NO5/c1-4-5-6-7-8-9-10-23-13-11-14(16(19)21-2)18-15(12-13)17(20)22-3/h11-12H,4-10H2,1-3H3. The molecule has 1 aromatic rings. The van der Waals surface area contributed by atoms with Gasteiger partial charge < -0.3 is 14.2 Å². The molecule has 1 heterocycles. The lowest BCUT2D eigenvalue weighted by Gasteiger charge is -2.09. The van der Waals surface area contributed by atoms with Crippen LogP contribution in [0.1, 0.15) is 66.4 Å². The van der Waals surface area contributed by atoms with Gasteiger partial charge >= 0.3 is 11.9 Å². The second-order valence-corrected chi connectivity index (χ2v) is 5.17. The Hall–Kier alpha value is -2.11. The van der Waals surface area contributed by atoms with Crippen molar-refractivity contribution in [1.29, 1.82) is 0 Å². The van der Waals surface area contributed by atoms with E-state index >= 15 is 0 Å². The second kappa shape index (κ2) is 10.6. The Labute approximate surface area is 137 Å². The lowest BCUT2D eigenvalue weighted by molar-refractivity contribution is 0.0584. The summed E-state index contributed by atoms with van der Waals surface area (Å²) >= 11 is 0. The van der Waals surface area contributed by atoms with Crippen LogP contribution < -0.4 is 4.74 Å². The lowest BCUT2D eigenvalue weighted by Crippen LogP contribution is -2.12. The van der Waals surface area contributed by atoms with Crippen LogP contribution in [-0.2, 0) is 9.47 Å². The fourth-order valence-corrected chi connectivity index (χ4v) is 2.08. The molecule has 0 aliphatic carbocycles. The Balaban J connectivity index is 2.62. The van der Waals surface area contributed by atoms with Gasteiger partial charge in [-0.3, -0.25) is 0 Å². The van der Waals surface area contributed by atoms with Gasteiger partial charge in [0.1, 0.15) is 5.75 Å². The van der Waals surface area contributed by atoms with Crippen LogP contribution >= 0.6 is 0 Å². The van der Waals surface area contributed by atoms with E-state index in [1.165, 1.54) is 52.0 Å². The number of unbranched alkanes of at least 4 members (excludes halogenated alkanes) is 5. The van der Waals surface area contributed by atoms with Crippen molar-refractivity contribution in [3.63, 3.8) is 0 Å².